The molecule has 0 spiro atoms. The first-order chi connectivity index (χ1) is 21.7. The number of tetrazole rings is 1. The Morgan fingerprint density at radius 2 is 1.97 bits per heavy atom. The van der Waals surface area contributed by atoms with Crippen LogP contribution in [0.15, 0.2) is 42.5 Å². The van der Waals surface area contributed by atoms with Crippen molar-refractivity contribution in [2.75, 3.05) is 0 Å². The molecule has 7 nitrogen and oxygen atoms in total. The SMILES string of the molecule is [2H]C(C)(c1ccc(-c2ccccc2-c2nnn(C)n2)cc1C)n1c(CC(C)CC)nc(Cl)c1CO.[2H][2H].[2H][2H].[2H][2H].[2H][2H].[2H][2H].[HH].[HH].[HH].[HH].[HH].[HH].[HH].[HH].[HH].[HH].[HH].[HH].[HH].[HH].[HH].[HH].[HH].[HH].[HH].[HH].[HH].[HH].[HH].[HH].[HH].[HH].[HH].[HH].[HH].[HH].[HH].[HH].[HH].[HH].[HH].[HH].[HH].[HH].[HH].[HH].[HH].[HH].[HH].[HH].[HH].[HH].[HH].[HH].[HH].[HH].[HH].[HH].[HH].[HH].[HH].[HH].[HH].[HH].[HH].[HH].[HH].[HH].[HH].[HH].[HH].[HH].[HH].[HH].[HH].[HH].[HH].[HH].[HH].[HH].[HH].[HH].[HH].[HH].[HH].[HH].[HH].[HH].[HH].[HH].[HH].[HH].[HH].[HH].[HH].[HH].[HH].[HH].[HH].[HH].[HH].[HH].[HH].[HH].[HH].[HH]. The van der Waals surface area contributed by atoms with Gasteiger partial charge in [-0.05, 0) is 47.2 Å². The first kappa shape index (κ1) is 17.4. The van der Waals surface area contributed by atoms with Crippen molar-refractivity contribution in [2.24, 2.45) is 13.0 Å². The molecule has 2 heterocycles. The van der Waals surface area contributed by atoms with Crippen LogP contribution in [0.3, 0.4) is 0 Å². The summed E-state index contributed by atoms with van der Waals surface area (Å²) in [5.41, 5.74) is 5.10. The quantitative estimate of drug-likeness (QED) is 0.198. The summed E-state index contributed by atoms with van der Waals surface area (Å²) in [6, 6.07) is 12.8. The van der Waals surface area contributed by atoms with Crippen LogP contribution in [0.1, 0.15) is 215 Å². The Morgan fingerprint density at radius 3 is 2.59 bits per heavy atom. The fourth-order valence-corrected chi connectivity index (χ4v) is 4.52. The number of aromatic nitrogens is 6. The molecular weight excluding hydrogens is 448 g/mol. The van der Waals surface area contributed by atoms with Gasteiger partial charge in [0.25, 0.3) is 0 Å². The number of benzene rings is 2. The van der Waals surface area contributed by atoms with Crippen molar-refractivity contribution in [2.45, 2.75) is 53.2 Å². The van der Waals surface area contributed by atoms with Crippen LogP contribution in [-0.4, -0.2) is 34.9 Å². The van der Waals surface area contributed by atoms with Crippen molar-refractivity contribution in [1.82, 2.24) is 29.8 Å². The molecule has 0 aliphatic heterocycles. The maximum absolute atomic E-state index is 10.1. The van der Waals surface area contributed by atoms with E-state index in [1.165, 1.54) is 4.80 Å². The van der Waals surface area contributed by atoms with Crippen molar-refractivity contribution in [3.05, 3.63) is 70.3 Å². The van der Waals surface area contributed by atoms with Crippen molar-refractivity contribution in [3.63, 3.8) is 0 Å². The lowest BCUT2D eigenvalue weighted by molar-refractivity contribution is 0.268. The molecule has 0 amide bonds. The second-order valence-corrected chi connectivity index (χ2v) is 9.10. The van der Waals surface area contributed by atoms with Gasteiger partial charge in [-0.3, -0.25) is 0 Å². The third kappa shape index (κ3) is 4.63. The van der Waals surface area contributed by atoms with Crippen molar-refractivity contribution >= 4 is 11.6 Å². The first-order valence-electron chi connectivity index (χ1n) is 17.0. The van der Waals surface area contributed by atoms with Crippen LogP contribution in [-0.2, 0) is 20.1 Å². The lowest BCUT2D eigenvalue weighted by atomic mass is 9.93. The fourth-order valence-electron chi connectivity index (χ4n) is 4.28. The highest BCUT2D eigenvalue weighted by atomic mass is 35.5. The molecule has 0 saturated carbocycles. The Bertz CT molecular complexity index is 1450. The van der Waals surface area contributed by atoms with E-state index in [1.54, 1.807) is 11.6 Å². The zero-order valence-electron chi connectivity index (χ0n) is 31.2. The highest BCUT2D eigenvalue weighted by molar-refractivity contribution is 6.30. The van der Waals surface area contributed by atoms with Gasteiger partial charge in [0.2, 0.25) is 5.82 Å². The molecule has 2 aromatic heterocycles. The van der Waals surface area contributed by atoms with Gasteiger partial charge in [-0.15, -0.1) is 10.2 Å². The molecule has 388 valence electrons. The summed E-state index contributed by atoms with van der Waals surface area (Å²) in [4.78, 5) is 5.97. The predicted molar refractivity (Wildman–Crippen MR) is 357 cm³/mol. The van der Waals surface area contributed by atoms with Gasteiger partial charge >= 0.3 is 0 Å². The minimum atomic E-state index is -1.21. The second-order valence-electron chi connectivity index (χ2n) is 8.74. The molecule has 4 aromatic rings. The molecule has 8 heteroatoms. The van der Waals surface area contributed by atoms with E-state index in [1.807, 2.05) is 50.2 Å². The van der Waals surface area contributed by atoms with Crippen LogP contribution in [0.25, 0.3) is 22.5 Å². The number of nitrogens with zero attached hydrogens (tertiary/aromatic N) is 6. The number of rotatable bonds is 8. The average Bonchev–Trinajstić information content (AvgIpc) is 3.67. The third-order valence-corrected chi connectivity index (χ3v) is 6.61. The molecule has 0 radical (unpaired) electrons. The molecule has 0 aliphatic carbocycles. The number of hydrogen-bond donors (Lipinski definition) is 1. The van der Waals surface area contributed by atoms with E-state index in [4.69, 9.17) is 26.4 Å². The standard InChI is InChI=1S/C26H31ClN6O.105H2/c1-6-16(2)13-24-28-25(27)23(15-34)33(24)18(4)20-12-11-19(14-17(20)3)21-9-7-8-10-22(21)26-29-31-32(5)30-26;;;;;;;;;;;;;;;;;;;;;;;;;;;;;;;;;;;;;;;;;;;;;;;;;;;;;;;;;;;;;;;;;;;;;;;;;;;;;;;;;;;;;;;;;;;;;;;;;;;;;;;;;/h7-12,14,16,18,34H,6,13,15H2,1-5H3;105*1H/i18D;5*1+1D;;;;;;;;;;;;;;;;;;;;;;;;;;;;;;;;;;;;;;;;;;;;;;;;;;;;;;;;;;;;;;;;;;;;;;;;;;;;;;;;;;;;;;;;;;;;;;;;;;;;. The van der Waals surface area contributed by atoms with Crippen LogP contribution in [0, 0.1) is 12.8 Å². The first-order valence-corrected chi connectivity index (χ1v) is 11.9. The zero-order valence-corrected chi connectivity index (χ0v) is 21.0. The Morgan fingerprint density at radius 1 is 1.24 bits per heavy atom. The summed E-state index contributed by atoms with van der Waals surface area (Å²) in [7, 11) is 1.74. The van der Waals surface area contributed by atoms with Crippen molar-refractivity contribution in [3.8, 4) is 22.5 Å². The van der Waals surface area contributed by atoms with Gasteiger partial charge in [0.05, 0.1) is 26.7 Å². The Labute approximate surface area is 370 Å². The van der Waals surface area contributed by atoms with Crippen LogP contribution in [0.4, 0.5) is 0 Å². The number of halogens is 1. The molecule has 0 fully saturated rings. The molecule has 1 N–H and O–H groups in total. The number of imidazole rings is 1. The molecule has 34 heavy (non-hydrogen) atoms. The summed E-state index contributed by atoms with van der Waals surface area (Å²) < 4.78 is 61.2. The smallest absolute Gasteiger partial charge is 0.205 e. The average molecular weight is 702 g/mol. The van der Waals surface area contributed by atoms with E-state index in [9.17, 15) is 6.48 Å². The number of aryl methyl sites for hydroxylation is 2. The number of hydrogen-bond acceptors (Lipinski definition) is 5. The van der Waals surface area contributed by atoms with Crippen LogP contribution in [0.2, 0.25) is 5.15 Å². The van der Waals surface area contributed by atoms with E-state index in [0.717, 1.165) is 34.2 Å². The third-order valence-electron chi connectivity index (χ3n) is 6.31. The molecule has 0 saturated heterocycles. The summed E-state index contributed by atoms with van der Waals surface area (Å²) in [5, 5.41) is 22.8. The van der Waals surface area contributed by atoms with Crippen molar-refractivity contribution < 1.29 is 164 Å². The highest BCUT2D eigenvalue weighted by Crippen LogP contribution is 2.34. The van der Waals surface area contributed by atoms with E-state index in [2.05, 4.69) is 40.3 Å². The topological polar surface area (TPSA) is 81.7 Å². The molecule has 2 atom stereocenters. The second kappa shape index (κ2) is 10.1. The van der Waals surface area contributed by atoms with Crippen LogP contribution < -0.4 is 0 Å². The lowest BCUT2D eigenvalue weighted by Gasteiger charge is -2.23. The summed E-state index contributed by atoms with van der Waals surface area (Å²) in [6.45, 7) is 7.82. The van der Waals surface area contributed by atoms with E-state index < -0.39 is 6.02 Å². The van der Waals surface area contributed by atoms with Crippen LogP contribution >= 0.6 is 11.6 Å². The minimum absolute atomic E-state index is 0. The number of aliphatic hydroxyl groups is 1. The highest BCUT2D eigenvalue weighted by Gasteiger charge is 2.23. The van der Waals surface area contributed by atoms with Gasteiger partial charge in [-0.25, -0.2) is 4.98 Å². The van der Waals surface area contributed by atoms with E-state index in [0.29, 0.717) is 29.7 Å². The number of aliphatic hydroxyl groups excluding tert-OH is 1. The van der Waals surface area contributed by atoms with Gasteiger partial charge in [-0.1, -0.05) is 74.3 Å². The Hall–Kier alpha value is -3.03. The molecule has 0 aliphatic rings. The summed E-state index contributed by atoms with van der Waals surface area (Å²) >= 11 is 6.40. The molecule has 4 rings (SSSR count). The minimum Gasteiger partial charge on any atom is -0.390 e. The lowest BCUT2D eigenvalue weighted by Crippen LogP contribution is -2.16. The largest absolute Gasteiger partial charge is 0.390 e. The van der Waals surface area contributed by atoms with E-state index in [-0.39, 0.29) is 154 Å². The monoisotopic (exact) mass is 701 g/mol. The molecule has 0 bridgehead atoms. The molecule has 2 aromatic carbocycles. The maximum Gasteiger partial charge on any atom is 0.205 e. The predicted octanol–water partition coefficient (Wildman–Crippen LogP) is 31.2. The normalized spacial score (nSPS) is 15.8. The van der Waals surface area contributed by atoms with Gasteiger partial charge in [0.1, 0.15) is 5.82 Å². The van der Waals surface area contributed by atoms with Gasteiger partial charge in [0.15, 0.2) is 5.15 Å². The Balaban J connectivity index is -0.00000000164. The van der Waals surface area contributed by atoms with Crippen LogP contribution in [0.5, 0.6) is 0 Å². The fraction of sp³-hybridized carbons (Fsp3) is 0.385. The van der Waals surface area contributed by atoms with Gasteiger partial charge < -0.3 is 9.67 Å². The van der Waals surface area contributed by atoms with Crippen molar-refractivity contribution in [1.29, 1.82) is 0 Å². The van der Waals surface area contributed by atoms with Gasteiger partial charge in [0, 0.05) is 169 Å². The summed E-state index contributed by atoms with van der Waals surface area (Å²) in [6.07, 6.45) is 1.67. The van der Waals surface area contributed by atoms with E-state index >= 15 is 0 Å². The maximum atomic E-state index is 10.1. The molecular formula is C26H241ClN6O. The summed E-state index contributed by atoms with van der Waals surface area (Å²) in [5.74, 6) is 1.66. The molecule has 2 unspecified atom stereocenters. The van der Waals surface area contributed by atoms with Gasteiger partial charge in [-0.2, -0.15) is 4.80 Å². The zero-order chi connectivity index (χ0) is 35.3. The Kier molecular flexibility index (Phi) is 5.16.